The number of hydrogen-bond donors (Lipinski definition) is 0. The fourth-order valence-electron chi connectivity index (χ4n) is 3.45. The minimum absolute atomic E-state index is 0.210. The predicted molar refractivity (Wildman–Crippen MR) is 99.8 cm³/mol. The van der Waals surface area contributed by atoms with Crippen LogP contribution in [-0.2, 0) is 14.0 Å². The van der Waals surface area contributed by atoms with Gasteiger partial charge in [0.15, 0.2) is 0 Å². The van der Waals surface area contributed by atoms with Crippen LogP contribution < -0.4 is 20.1 Å². The van der Waals surface area contributed by atoms with E-state index in [-0.39, 0.29) is 12.2 Å². The van der Waals surface area contributed by atoms with Crippen LogP contribution in [0.5, 0.6) is 11.5 Å². The molecular weight excluding hydrogens is 351 g/mol. The van der Waals surface area contributed by atoms with Crippen molar-refractivity contribution in [2.24, 2.45) is 0 Å². The van der Waals surface area contributed by atoms with E-state index in [9.17, 15) is 4.57 Å². The number of hydrogen-bond acceptors (Lipinski definition) is 5. The first-order chi connectivity index (χ1) is 12.7. The number of ether oxygens (including phenoxy) is 4. The molecule has 5 rings (SSSR count). The number of epoxide rings is 2. The number of rotatable bonds is 7. The average molecular weight is 372 g/mol. The largest absolute Gasteiger partial charge is 0.491 e. The topological polar surface area (TPSA) is 60.6 Å². The summed E-state index contributed by atoms with van der Waals surface area (Å²) in [6.07, 6.45) is 1.03. The molecule has 0 aromatic heterocycles. The lowest BCUT2D eigenvalue weighted by Gasteiger charge is -2.13. The van der Waals surface area contributed by atoms with Crippen LogP contribution in [0, 0.1) is 0 Å². The van der Waals surface area contributed by atoms with Gasteiger partial charge in [0.1, 0.15) is 44.1 Å². The second kappa shape index (κ2) is 6.12. The zero-order chi connectivity index (χ0) is 17.7. The zero-order valence-electron chi connectivity index (χ0n) is 14.6. The summed E-state index contributed by atoms with van der Waals surface area (Å²) in [6, 6.07) is 11.7. The Morgan fingerprint density at radius 2 is 1.38 bits per heavy atom. The van der Waals surface area contributed by atoms with E-state index in [0.29, 0.717) is 19.4 Å². The van der Waals surface area contributed by atoms with E-state index in [1.807, 2.05) is 43.3 Å². The summed E-state index contributed by atoms with van der Waals surface area (Å²) >= 11 is 0. The second-order valence-corrected chi connectivity index (χ2v) is 10.0. The molecule has 5 nitrogen and oxygen atoms in total. The standard InChI is InChI=1S/C20H21O5P/c1-2-26(21)19-5-3-13(22-9-15-11-24-15)7-17(19)18-8-14(4-6-20(18)26)23-10-16-12-25-16/h3-8,15-16H,2,9-12H2,1H3. The molecule has 3 aliphatic heterocycles. The van der Waals surface area contributed by atoms with E-state index < -0.39 is 7.14 Å². The Labute approximate surface area is 152 Å². The molecule has 2 fully saturated rings. The van der Waals surface area contributed by atoms with E-state index in [2.05, 4.69) is 0 Å². The summed E-state index contributed by atoms with van der Waals surface area (Å²) in [4.78, 5) is 0. The summed E-state index contributed by atoms with van der Waals surface area (Å²) in [7, 11) is -2.58. The van der Waals surface area contributed by atoms with E-state index in [0.717, 1.165) is 46.4 Å². The van der Waals surface area contributed by atoms with Gasteiger partial charge in [-0.3, -0.25) is 0 Å². The molecule has 2 aromatic rings. The van der Waals surface area contributed by atoms with Gasteiger partial charge >= 0.3 is 0 Å². The minimum Gasteiger partial charge on any atom is -0.491 e. The molecule has 0 N–H and O–H groups in total. The zero-order valence-corrected chi connectivity index (χ0v) is 15.5. The maximum Gasteiger partial charge on any atom is 0.144 e. The van der Waals surface area contributed by atoms with Crippen molar-refractivity contribution in [3.8, 4) is 22.6 Å². The fraction of sp³-hybridized carbons (Fsp3) is 0.400. The third-order valence-corrected chi connectivity index (χ3v) is 8.35. The Balaban J connectivity index is 1.51. The molecule has 6 heteroatoms. The van der Waals surface area contributed by atoms with E-state index in [4.69, 9.17) is 18.9 Å². The summed E-state index contributed by atoms with van der Waals surface area (Å²) in [5.41, 5.74) is 1.99. The molecule has 0 saturated carbocycles. The monoisotopic (exact) mass is 372 g/mol. The highest BCUT2D eigenvalue weighted by Crippen LogP contribution is 2.53. The van der Waals surface area contributed by atoms with Crippen molar-refractivity contribution >= 4 is 17.8 Å². The summed E-state index contributed by atoms with van der Waals surface area (Å²) < 4.78 is 35.7. The summed E-state index contributed by atoms with van der Waals surface area (Å²) in [6.45, 7) is 4.64. The maximum absolute atomic E-state index is 13.7. The molecule has 0 radical (unpaired) electrons. The Hall–Kier alpha value is -1.81. The van der Waals surface area contributed by atoms with Crippen LogP contribution in [0.25, 0.3) is 11.1 Å². The van der Waals surface area contributed by atoms with Crippen molar-refractivity contribution in [2.75, 3.05) is 32.6 Å². The molecule has 0 bridgehead atoms. The van der Waals surface area contributed by atoms with Gasteiger partial charge in [0.25, 0.3) is 0 Å². The molecular formula is C20H21O5P. The summed E-state index contributed by atoms with van der Waals surface area (Å²) in [5.74, 6) is 1.57. The van der Waals surface area contributed by atoms with Gasteiger partial charge in [-0.15, -0.1) is 0 Å². The van der Waals surface area contributed by atoms with Crippen LogP contribution in [0.4, 0.5) is 0 Å². The smallest absolute Gasteiger partial charge is 0.144 e. The molecule has 26 heavy (non-hydrogen) atoms. The van der Waals surface area contributed by atoms with Crippen LogP contribution in [-0.4, -0.2) is 44.8 Å². The van der Waals surface area contributed by atoms with Crippen molar-refractivity contribution in [1.29, 1.82) is 0 Å². The van der Waals surface area contributed by atoms with Crippen molar-refractivity contribution in [1.82, 2.24) is 0 Å². The highest BCUT2D eigenvalue weighted by Gasteiger charge is 2.38. The lowest BCUT2D eigenvalue weighted by atomic mass is 10.1. The quantitative estimate of drug-likeness (QED) is 0.552. The average Bonchev–Trinajstić information content (AvgIpc) is 3.58. The maximum atomic E-state index is 13.7. The molecule has 0 amide bonds. The third-order valence-electron chi connectivity index (χ3n) is 5.13. The van der Waals surface area contributed by atoms with Crippen LogP contribution >= 0.6 is 7.14 Å². The molecule has 136 valence electrons. The van der Waals surface area contributed by atoms with Crippen molar-refractivity contribution in [2.45, 2.75) is 19.1 Å². The Morgan fingerprint density at radius 3 is 1.77 bits per heavy atom. The highest BCUT2D eigenvalue weighted by molar-refractivity contribution is 7.79. The van der Waals surface area contributed by atoms with Crippen LogP contribution in [0.3, 0.4) is 0 Å². The van der Waals surface area contributed by atoms with Crippen LogP contribution in [0.2, 0.25) is 0 Å². The van der Waals surface area contributed by atoms with Crippen LogP contribution in [0.1, 0.15) is 6.92 Å². The van der Waals surface area contributed by atoms with Gasteiger partial charge in [-0.05, 0) is 47.5 Å². The van der Waals surface area contributed by atoms with Gasteiger partial charge in [0.2, 0.25) is 0 Å². The Bertz CT molecular complexity index is 832. The van der Waals surface area contributed by atoms with Crippen molar-refractivity contribution in [3.05, 3.63) is 36.4 Å². The first-order valence-corrected chi connectivity index (χ1v) is 10.9. The minimum atomic E-state index is -2.58. The van der Waals surface area contributed by atoms with Gasteiger partial charge < -0.3 is 23.5 Å². The van der Waals surface area contributed by atoms with Crippen LogP contribution in [0.15, 0.2) is 36.4 Å². The molecule has 3 heterocycles. The van der Waals surface area contributed by atoms with Gasteiger partial charge in [0, 0.05) is 16.8 Å². The number of fused-ring (bicyclic) bond motifs is 3. The highest BCUT2D eigenvalue weighted by atomic mass is 31.2. The van der Waals surface area contributed by atoms with E-state index in [1.54, 1.807) is 0 Å². The first kappa shape index (κ1) is 16.4. The normalized spacial score (nSPS) is 27.6. The molecule has 2 atom stereocenters. The predicted octanol–water partition coefficient (Wildman–Crippen LogP) is 2.56. The van der Waals surface area contributed by atoms with Gasteiger partial charge in [-0.25, -0.2) is 0 Å². The summed E-state index contributed by atoms with van der Waals surface area (Å²) in [5, 5.41) is 1.85. The first-order valence-electron chi connectivity index (χ1n) is 9.05. The lowest BCUT2D eigenvalue weighted by molar-refractivity contribution is 0.263. The molecule has 0 spiro atoms. The lowest BCUT2D eigenvalue weighted by Crippen LogP contribution is -2.12. The Morgan fingerprint density at radius 1 is 0.923 bits per heavy atom. The van der Waals surface area contributed by atoms with Crippen molar-refractivity contribution in [3.63, 3.8) is 0 Å². The Kier molecular flexibility index (Phi) is 3.85. The molecule has 0 aliphatic carbocycles. The van der Waals surface area contributed by atoms with E-state index >= 15 is 0 Å². The van der Waals surface area contributed by atoms with Gasteiger partial charge in [-0.1, -0.05) is 6.92 Å². The fourth-order valence-corrected chi connectivity index (χ4v) is 6.17. The third kappa shape index (κ3) is 2.84. The van der Waals surface area contributed by atoms with E-state index in [1.165, 1.54) is 0 Å². The van der Waals surface area contributed by atoms with Crippen molar-refractivity contribution < 1.29 is 23.5 Å². The second-order valence-electron chi connectivity index (χ2n) is 6.95. The number of benzene rings is 2. The molecule has 3 aliphatic rings. The molecule has 2 saturated heterocycles. The van der Waals surface area contributed by atoms with Gasteiger partial charge in [0.05, 0.1) is 13.2 Å². The molecule has 2 unspecified atom stereocenters. The molecule has 2 aromatic carbocycles. The SMILES string of the molecule is CCP1(=O)c2ccc(OCC3CO3)cc2-c2cc(OCC3CO3)ccc21. The van der Waals surface area contributed by atoms with Gasteiger partial charge in [-0.2, -0.15) is 0 Å².